The van der Waals surface area contributed by atoms with Crippen molar-refractivity contribution in [3.63, 3.8) is 0 Å². The summed E-state index contributed by atoms with van der Waals surface area (Å²) in [7, 11) is 0. The third kappa shape index (κ3) is 3.03. The first-order valence-corrected chi connectivity index (χ1v) is 7.75. The average Bonchev–Trinajstić information content (AvgIpc) is 2.40. The maximum Gasteiger partial charge on any atom is 0.0480 e. The molecule has 3 rings (SSSR count). The molecule has 1 saturated heterocycles. The third-order valence-electron chi connectivity index (χ3n) is 5.23. The van der Waals surface area contributed by atoms with E-state index >= 15 is 0 Å². The lowest BCUT2D eigenvalue weighted by molar-refractivity contribution is 0.0663. The van der Waals surface area contributed by atoms with Gasteiger partial charge in [0.1, 0.15) is 0 Å². The van der Waals surface area contributed by atoms with Crippen LogP contribution in [0.3, 0.4) is 0 Å². The highest BCUT2D eigenvalue weighted by atomic mass is 16.5. The van der Waals surface area contributed by atoms with Gasteiger partial charge in [-0.25, -0.2) is 0 Å². The summed E-state index contributed by atoms with van der Waals surface area (Å²) in [4.78, 5) is 0. The van der Waals surface area contributed by atoms with Crippen LogP contribution >= 0.6 is 0 Å². The molecule has 3 aliphatic rings. The molecule has 0 aromatic carbocycles. The van der Waals surface area contributed by atoms with Crippen LogP contribution in [0.1, 0.15) is 57.8 Å². The zero-order valence-corrected chi connectivity index (χ0v) is 11.0. The Kier molecular flexibility index (Phi) is 4.02. The van der Waals surface area contributed by atoms with Crippen molar-refractivity contribution in [2.24, 2.45) is 11.8 Å². The fraction of sp³-hybridized carbons (Fsp3) is 1.00. The molecule has 98 valence electrons. The van der Waals surface area contributed by atoms with Crippen LogP contribution in [0, 0.1) is 11.8 Å². The molecule has 2 heteroatoms. The first kappa shape index (κ1) is 12.0. The summed E-state index contributed by atoms with van der Waals surface area (Å²) < 4.78 is 5.43. The molecule has 2 aliphatic carbocycles. The summed E-state index contributed by atoms with van der Waals surface area (Å²) in [5.41, 5.74) is 0. The van der Waals surface area contributed by atoms with Crippen molar-refractivity contribution in [2.75, 3.05) is 13.2 Å². The summed E-state index contributed by atoms with van der Waals surface area (Å²) >= 11 is 0. The van der Waals surface area contributed by atoms with E-state index in [4.69, 9.17) is 4.74 Å². The fourth-order valence-corrected chi connectivity index (χ4v) is 4.22. The Labute approximate surface area is 105 Å². The highest BCUT2D eigenvalue weighted by Gasteiger charge is 2.32. The smallest absolute Gasteiger partial charge is 0.0480 e. The van der Waals surface area contributed by atoms with E-state index in [2.05, 4.69) is 5.32 Å². The number of ether oxygens (including phenoxy) is 1. The van der Waals surface area contributed by atoms with Gasteiger partial charge in [0.25, 0.3) is 0 Å². The van der Waals surface area contributed by atoms with Crippen LogP contribution in [0.2, 0.25) is 0 Å². The molecule has 3 unspecified atom stereocenters. The standard InChI is InChI=1S/C15H27NO/c1-2-4-13-11-15(6-5-12(13)3-1)16-14-7-9-17-10-8-14/h12-16H,1-11H2. The molecule has 0 aromatic heterocycles. The van der Waals surface area contributed by atoms with Crippen LogP contribution in [0.25, 0.3) is 0 Å². The maximum absolute atomic E-state index is 5.43. The Balaban J connectivity index is 1.48. The number of hydrogen-bond acceptors (Lipinski definition) is 2. The molecule has 0 bridgehead atoms. The largest absolute Gasteiger partial charge is 0.381 e. The molecule has 0 radical (unpaired) electrons. The molecule has 0 amide bonds. The zero-order chi connectivity index (χ0) is 11.5. The summed E-state index contributed by atoms with van der Waals surface area (Å²) in [5, 5.41) is 3.91. The van der Waals surface area contributed by atoms with Crippen molar-refractivity contribution >= 4 is 0 Å². The minimum absolute atomic E-state index is 0.744. The topological polar surface area (TPSA) is 21.3 Å². The Hall–Kier alpha value is -0.0800. The van der Waals surface area contributed by atoms with Crippen molar-refractivity contribution in [3.05, 3.63) is 0 Å². The van der Waals surface area contributed by atoms with Crippen LogP contribution in [-0.4, -0.2) is 25.3 Å². The summed E-state index contributed by atoms with van der Waals surface area (Å²) in [6.07, 6.45) is 12.9. The van der Waals surface area contributed by atoms with E-state index in [1.54, 1.807) is 0 Å². The Morgan fingerprint density at radius 1 is 0.706 bits per heavy atom. The quantitative estimate of drug-likeness (QED) is 0.797. The SMILES string of the molecule is C1CCC2CC(NC3CCOCC3)CCC2C1. The number of fused-ring (bicyclic) bond motifs is 1. The van der Waals surface area contributed by atoms with Crippen molar-refractivity contribution in [2.45, 2.75) is 69.9 Å². The van der Waals surface area contributed by atoms with Gasteiger partial charge in [0, 0.05) is 25.3 Å². The summed E-state index contributed by atoms with van der Waals surface area (Å²) in [6, 6.07) is 1.56. The van der Waals surface area contributed by atoms with E-state index in [-0.39, 0.29) is 0 Å². The highest BCUT2D eigenvalue weighted by Crippen LogP contribution is 2.40. The predicted octanol–water partition coefficient (Wildman–Crippen LogP) is 3.11. The molecular weight excluding hydrogens is 210 g/mol. The zero-order valence-electron chi connectivity index (χ0n) is 11.0. The van der Waals surface area contributed by atoms with Gasteiger partial charge in [0.2, 0.25) is 0 Å². The molecule has 0 aromatic rings. The lowest BCUT2D eigenvalue weighted by atomic mass is 9.69. The lowest BCUT2D eigenvalue weighted by Gasteiger charge is -2.41. The third-order valence-corrected chi connectivity index (χ3v) is 5.23. The predicted molar refractivity (Wildman–Crippen MR) is 70.1 cm³/mol. The van der Waals surface area contributed by atoms with Crippen LogP contribution in [0.4, 0.5) is 0 Å². The van der Waals surface area contributed by atoms with Gasteiger partial charge in [0.15, 0.2) is 0 Å². The molecule has 1 aliphatic heterocycles. The average molecular weight is 237 g/mol. The normalized spacial score (nSPS) is 39.9. The number of hydrogen-bond donors (Lipinski definition) is 1. The lowest BCUT2D eigenvalue weighted by Crippen LogP contribution is -2.45. The van der Waals surface area contributed by atoms with Gasteiger partial charge >= 0.3 is 0 Å². The minimum Gasteiger partial charge on any atom is -0.381 e. The van der Waals surface area contributed by atoms with Crippen LogP contribution < -0.4 is 5.32 Å². The summed E-state index contributed by atoms with van der Waals surface area (Å²) in [6.45, 7) is 1.94. The molecule has 17 heavy (non-hydrogen) atoms. The van der Waals surface area contributed by atoms with Crippen LogP contribution in [0.5, 0.6) is 0 Å². The van der Waals surface area contributed by atoms with Crippen molar-refractivity contribution < 1.29 is 4.74 Å². The Bertz CT molecular complexity index is 235. The molecular formula is C15H27NO. The second-order valence-corrected chi connectivity index (χ2v) is 6.37. The van der Waals surface area contributed by atoms with Gasteiger partial charge in [0.05, 0.1) is 0 Å². The monoisotopic (exact) mass is 237 g/mol. The van der Waals surface area contributed by atoms with Gasteiger partial charge in [-0.3, -0.25) is 0 Å². The van der Waals surface area contributed by atoms with Crippen molar-refractivity contribution in [1.82, 2.24) is 5.32 Å². The van der Waals surface area contributed by atoms with Gasteiger partial charge in [-0.2, -0.15) is 0 Å². The molecule has 2 nitrogen and oxygen atoms in total. The Morgan fingerprint density at radius 2 is 1.47 bits per heavy atom. The van der Waals surface area contributed by atoms with Crippen LogP contribution in [0.15, 0.2) is 0 Å². The van der Waals surface area contributed by atoms with Crippen molar-refractivity contribution in [1.29, 1.82) is 0 Å². The minimum atomic E-state index is 0.744. The van der Waals surface area contributed by atoms with E-state index in [1.807, 2.05) is 0 Å². The van der Waals surface area contributed by atoms with E-state index in [0.29, 0.717) is 0 Å². The van der Waals surface area contributed by atoms with Gasteiger partial charge in [-0.05, 0) is 43.9 Å². The van der Waals surface area contributed by atoms with Crippen molar-refractivity contribution in [3.8, 4) is 0 Å². The van der Waals surface area contributed by atoms with E-state index in [1.165, 1.54) is 57.8 Å². The highest BCUT2D eigenvalue weighted by molar-refractivity contribution is 4.88. The summed E-state index contributed by atoms with van der Waals surface area (Å²) in [5.74, 6) is 2.13. The van der Waals surface area contributed by atoms with Gasteiger partial charge < -0.3 is 10.1 Å². The molecule has 0 spiro atoms. The molecule has 3 fully saturated rings. The second kappa shape index (κ2) is 5.71. The van der Waals surface area contributed by atoms with Crippen LogP contribution in [-0.2, 0) is 4.74 Å². The molecule has 2 saturated carbocycles. The van der Waals surface area contributed by atoms with E-state index in [9.17, 15) is 0 Å². The van der Waals surface area contributed by atoms with Gasteiger partial charge in [-0.1, -0.05) is 25.7 Å². The fourth-order valence-electron chi connectivity index (χ4n) is 4.22. The molecule has 3 atom stereocenters. The Morgan fingerprint density at radius 3 is 2.29 bits per heavy atom. The van der Waals surface area contributed by atoms with E-state index in [0.717, 1.165) is 37.1 Å². The second-order valence-electron chi connectivity index (χ2n) is 6.37. The number of rotatable bonds is 2. The molecule has 1 heterocycles. The van der Waals surface area contributed by atoms with Gasteiger partial charge in [-0.15, -0.1) is 0 Å². The number of nitrogens with one attached hydrogen (secondary N) is 1. The van der Waals surface area contributed by atoms with E-state index < -0.39 is 0 Å². The molecule has 1 N–H and O–H groups in total. The first-order valence-electron chi connectivity index (χ1n) is 7.75. The first-order chi connectivity index (χ1) is 8.42. The maximum atomic E-state index is 5.43.